The minimum absolute atomic E-state index is 0. The van der Waals surface area contributed by atoms with Crippen LogP contribution in [-0.4, -0.2) is 14.7 Å². The molecule has 0 unspecified atom stereocenters. The summed E-state index contributed by atoms with van der Waals surface area (Å²) in [4.78, 5) is 24.2. The van der Waals surface area contributed by atoms with Crippen molar-refractivity contribution in [1.82, 2.24) is 0 Å². The molecule has 3 N–H and O–H groups in total. The second-order valence-corrected chi connectivity index (χ2v) is 5.76. The molecule has 1 aliphatic heterocycles. The van der Waals surface area contributed by atoms with Crippen LogP contribution in [0.2, 0.25) is 0 Å². The Morgan fingerprint density at radius 1 is 1.29 bits per heavy atom. The maximum Gasteiger partial charge on any atom is 0 e. The van der Waals surface area contributed by atoms with Crippen molar-refractivity contribution < 1.29 is 35.7 Å². The van der Waals surface area contributed by atoms with Crippen molar-refractivity contribution in [3.63, 3.8) is 0 Å². The summed E-state index contributed by atoms with van der Waals surface area (Å²) < 4.78 is 3.80. The van der Waals surface area contributed by atoms with Crippen molar-refractivity contribution in [2.75, 3.05) is 0 Å². The van der Waals surface area contributed by atoms with E-state index in [1.54, 1.807) is 0 Å². The van der Waals surface area contributed by atoms with Gasteiger partial charge in [0.25, 0.3) is 0 Å². The zero-order chi connectivity index (χ0) is 4.86. The van der Waals surface area contributed by atoms with Gasteiger partial charge in [0, 0.05) is 17.1 Å². The molecule has 1 aliphatic rings. The first-order valence-corrected chi connectivity index (χ1v) is 4.49. The average molecular weight is 186 g/mol. The normalized spacial score (nSPS) is 36.7. The topological polar surface area (TPSA) is 73.2 Å². The van der Waals surface area contributed by atoms with E-state index in [4.69, 9.17) is 14.7 Å². The summed E-state index contributed by atoms with van der Waals surface area (Å²) in [5, 5.41) is 0. The van der Waals surface area contributed by atoms with E-state index in [2.05, 4.69) is 3.97 Å². The second-order valence-electron chi connectivity index (χ2n) is 0.982. The Bertz CT molecular complexity index is 75.4. The van der Waals surface area contributed by atoms with E-state index in [1.807, 2.05) is 0 Å². The van der Waals surface area contributed by atoms with E-state index in [1.165, 1.54) is 0 Å². The van der Waals surface area contributed by atoms with Crippen molar-refractivity contribution >= 4 is 18.4 Å². The molecule has 7 heavy (non-hydrogen) atoms. The maximum atomic E-state index is 8.08. The van der Waals surface area contributed by atoms with E-state index in [0.29, 0.717) is 11.7 Å². The summed E-state index contributed by atoms with van der Waals surface area (Å²) >= 11 is 0.325. The Kier molecular flexibility index (Phi) is 1.81. The van der Waals surface area contributed by atoms with Crippen LogP contribution in [0.5, 0.6) is 0 Å². The molecule has 1 saturated heterocycles. The molecule has 46 valence electrons. The first-order chi connectivity index (χ1) is 2.47. The Morgan fingerprint density at radius 3 is 1.43 bits per heavy atom. The molecular formula is H3FeO4PS. The summed E-state index contributed by atoms with van der Waals surface area (Å²) in [5.41, 5.74) is 0. The Balaban J connectivity index is 0.000000360. The molecule has 0 aromatic heterocycles. The third-order valence-corrected chi connectivity index (χ3v) is 2.47. The smallest absolute Gasteiger partial charge is 0 e. The molecule has 0 bridgehead atoms. The van der Waals surface area contributed by atoms with E-state index in [-0.39, 0.29) is 17.1 Å². The van der Waals surface area contributed by atoms with Gasteiger partial charge in [-0.05, 0) is 0 Å². The summed E-state index contributed by atoms with van der Waals surface area (Å²) in [7, 11) is 0. The van der Waals surface area contributed by atoms with Gasteiger partial charge in [-0.3, -0.25) is 0 Å². The van der Waals surface area contributed by atoms with Crippen LogP contribution in [0.15, 0.2) is 0 Å². The first-order valence-electron chi connectivity index (χ1n) is 1.13. The molecule has 1 heterocycles. The van der Waals surface area contributed by atoms with Crippen LogP contribution in [0.4, 0.5) is 0 Å². The van der Waals surface area contributed by atoms with Crippen LogP contribution in [-0.2, 0) is 21.0 Å². The van der Waals surface area contributed by atoms with E-state index in [0.717, 1.165) is 0 Å². The van der Waals surface area contributed by atoms with Crippen molar-refractivity contribution in [1.29, 1.82) is 0 Å². The van der Waals surface area contributed by atoms with Crippen molar-refractivity contribution in [3.05, 3.63) is 0 Å². The largest absolute Gasteiger partial charge is 0 e. The quantitative estimate of drug-likeness (QED) is 0.211. The van der Waals surface area contributed by atoms with E-state index < -0.39 is 6.71 Å². The molecule has 1 rings (SSSR count). The minimum Gasteiger partial charge on any atom is 0 e. The number of rotatable bonds is 0. The molecule has 0 saturated carbocycles. The minimum atomic E-state index is -4.38. The zero-order valence-corrected chi connectivity index (χ0v) is 5.77. The molecule has 0 aromatic carbocycles. The second kappa shape index (κ2) is 1.56. The Morgan fingerprint density at radius 2 is 1.43 bits per heavy atom. The molecule has 0 spiro atoms. The molecular weight excluding hydrogens is 183 g/mol. The SMILES string of the molecule is OP1(O)(O)OS1.[Fe]. The van der Waals surface area contributed by atoms with Crippen molar-refractivity contribution in [3.8, 4) is 0 Å². The molecule has 0 aromatic rings. The average Bonchev–Trinajstić information content (AvgIpc) is 1.73. The van der Waals surface area contributed by atoms with E-state index in [9.17, 15) is 0 Å². The summed E-state index contributed by atoms with van der Waals surface area (Å²) in [6.07, 6.45) is 0. The predicted octanol–water partition coefficient (Wildman–Crippen LogP) is -0.232. The van der Waals surface area contributed by atoms with Crippen LogP contribution in [0.1, 0.15) is 0 Å². The van der Waals surface area contributed by atoms with Gasteiger partial charge in [-0.2, -0.15) is 0 Å². The fourth-order valence-corrected chi connectivity index (χ4v) is 1.21. The van der Waals surface area contributed by atoms with Gasteiger partial charge in [-0.1, -0.05) is 0 Å². The van der Waals surface area contributed by atoms with Crippen LogP contribution >= 0.6 is 18.4 Å². The van der Waals surface area contributed by atoms with E-state index >= 15 is 0 Å². The molecule has 7 heteroatoms. The van der Waals surface area contributed by atoms with Crippen LogP contribution < -0.4 is 0 Å². The summed E-state index contributed by atoms with van der Waals surface area (Å²) in [5.74, 6) is 0. The molecule has 0 atom stereocenters. The molecule has 4 nitrogen and oxygen atoms in total. The predicted molar refractivity (Wildman–Crippen MR) is 22.3 cm³/mol. The van der Waals surface area contributed by atoms with Crippen LogP contribution in [0.25, 0.3) is 0 Å². The molecule has 0 aliphatic carbocycles. The fourth-order valence-electron chi connectivity index (χ4n) is 0.0447. The van der Waals surface area contributed by atoms with Gasteiger partial charge in [-0.15, -0.1) is 0 Å². The fraction of sp³-hybridized carbons (Fsp3) is 0. The number of hydrogen-bond acceptors (Lipinski definition) is 5. The Labute approximate surface area is 54.6 Å². The maximum absolute atomic E-state index is 8.08. The van der Waals surface area contributed by atoms with Gasteiger partial charge in [-0.25, -0.2) is 0 Å². The van der Waals surface area contributed by atoms with Crippen LogP contribution in [0, 0.1) is 0 Å². The van der Waals surface area contributed by atoms with Gasteiger partial charge in [0.2, 0.25) is 0 Å². The summed E-state index contributed by atoms with van der Waals surface area (Å²) in [6.45, 7) is -4.38. The van der Waals surface area contributed by atoms with Crippen LogP contribution in [0.3, 0.4) is 0 Å². The van der Waals surface area contributed by atoms with Gasteiger partial charge in [0.05, 0.1) is 0 Å². The van der Waals surface area contributed by atoms with Crippen molar-refractivity contribution in [2.45, 2.75) is 0 Å². The third kappa shape index (κ3) is 2.85. The molecule has 0 amide bonds. The molecule has 1 fully saturated rings. The van der Waals surface area contributed by atoms with Crippen molar-refractivity contribution in [2.24, 2.45) is 0 Å². The van der Waals surface area contributed by atoms with Gasteiger partial charge < -0.3 is 0 Å². The standard InChI is InChI=1S/Fe.H3O4PS/c;1-5(2,3)4-6-5/h;1-3H. The monoisotopic (exact) mass is 186 g/mol. The van der Waals surface area contributed by atoms with Gasteiger partial charge >= 0.3 is 37.0 Å². The van der Waals surface area contributed by atoms with Gasteiger partial charge in [0.1, 0.15) is 0 Å². The third-order valence-electron chi connectivity index (χ3n) is 0.275. The first kappa shape index (κ1) is 8.14. The molecule has 0 radical (unpaired) electrons. The number of hydrogen-bond donors (Lipinski definition) is 3. The summed E-state index contributed by atoms with van der Waals surface area (Å²) in [6, 6.07) is 0. The zero-order valence-electron chi connectivity index (χ0n) is 2.96. The van der Waals surface area contributed by atoms with Gasteiger partial charge in [0.15, 0.2) is 0 Å². The Hall–Kier alpha value is 1.14.